The van der Waals surface area contributed by atoms with Gasteiger partial charge < -0.3 is 0 Å². The number of unbranched alkanes of at least 4 members (excludes halogenated alkanes) is 2. The Morgan fingerprint density at radius 2 is 1.50 bits per heavy atom. The summed E-state index contributed by atoms with van der Waals surface area (Å²) >= 11 is 3.43. The molecule has 4 rings (SSSR count). The molecule has 0 spiro atoms. The van der Waals surface area contributed by atoms with Gasteiger partial charge in [-0.3, -0.25) is 0 Å². The second-order valence-electron chi connectivity index (χ2n) is 7.66. The zero-order valence-corrected chi connectivity index (χ0v) is 19.3. The maximum Gasteiger partial charge on any atom is 0.194 e. The van der Waals surface area contributed by atoms with E-state index in [-0.39, 0.29) is 11.1 Å². The standard InChI is InChI=1S/C26H20F4S2/c1-3-4-5-6-18-13-24-25(31-18)14-23(32-24)17-9-15(2)19(20(27)12-17)8-7-16-10-21(28)26(30)22(29)11-16/h9-14H,3-6H2,1-2H3. The first kappa shape index (κ1) is 22.6. The summed E-state index contributed by atoms with van der Waals surface area (Å²) < 4.78 is 57.1. The van der Waals surface area contributed by atoms with Crippen LogP contribution in [0.4, 0.5) is 17.6 Å². The first-order chi connectivity index (χ1) is 15.4. The summed E-state index contributed by atoms with van der Waals surface area (Å²) in [5.41, 5.74) is 1.48. The monoisotopic (exact) mass is 472 g/mol. The van der Waals surface area contributed by atoms with E-state index in [0.717, 1.165) is 29.0 Å². The van der Waals surface area contributed by atoms with Crippen LogP contribution in [0.1, 0.15) is 47.8 Å². The van der Waals surface area contributed by atoms with Gasteiger partial charge in [0, 0.05) is 24.7 Å². The molecule has 0 saturated heterocycles. The van der Waals surface area contributed by atoms with E-state index in [1.54, 1.807) is 29.6 Å². The molecule has 2 aromatic heterocycles. The van der Waals surface area contributed by atoms with Crippen molar-refractivity contribution < 1.29 is 17.6 Å². The highest BCUT2D eigenvalue weighted by Gasteiger charge is 2.13. The van der Waals surface area contributed by atoms with E-state index < -0.39 is 23.3 Å². The van der Waals surface area contributed by atoms with Crippen LogP contribution in [0.25, 0.3) is 19.8 Å². The maximum absolute atomic E-state index is 14.8. The van der Waals surface area contributed by atoms with E-state index in [0.29, 0.717) is 5.56 Å². The smallest absolute Gasteiger partial charge is 0.194 e. The third-order valence-corrected chi connectivity index (χ3v) is 7.57. The predicted octanol–water partition coefficient (Wildman–Crippen LogP) is 8.63. The average molecular weight is 473 g/mol. The second-order valence-corrected chi connectivity index (χ2v) is 9.91. The molecule has 0 radical (unpaired) electrons. The molecule has 0 fully saturated rings. The van der Waals surface area contributed by atoms with E-state index >= 15 is 0 Å². The number of hydrogen-bond acceptors (Lipinski definition) is 2. The topological polar surface area (TPSA) is 0 Å². The van der Waals surface area contributed by atoms with Gasteiger partial charge in [0.1, 0.15) is 5.82 Å². The molecule has 2 aromatic carbocycles. The first-order valence-corrected chi connectivity index (χ1v) is 12.0. The van der Waals surface area contributed by atoms with Gasteiger partial charge in [-0.05, 0) is 67.3 Å². The quantitative estimate of drug-likeness (QED) is 0.118. The number of benzene rings is 2. The first-order valence-electron chi connectivity index (χ1n) is 10.3. The van der Waals surface area contributed by atoms with Gasteiger partial charge in [0.25, 0.3) is 0 Å². The Hall–Kier alpha value is -2.62. The van der Waals surface area contributed by atoms with Crippen LogP contribution in [-0.4, -0.2) is 0 Å². The van der Waals surface area contributed by atoms with E-state index in [1.807, 2.05) is 6.07 Å². The average Bonchev–Trinajstić information content (AvgIpc) is 3.30. The van der Waals surface area contributed by atoms with E-state index in [1.165, 1.54) is 39.6 Å². The van der Waals surface area contributed by atoms with Crippen molar-refractivity contribution in [1.82, 2.24) is 0 Å². The van der Waals surface area contributed by atoms with E-state index in [9.17, 15) is 17.6 Å². The molecule has 2 heterocycles. The summed E-state index contributed by atoms with van der Waals surface area (Å²) in [5.74, 6) is 0.442. The van der Waals surface area contributed by atoms with Crippen molar-refractivity contribution in [3.05, 3.63) is 81.2 Å². The molecule has 0 N–H and O–H groups in total. The highest BCUT2D eigenvalue weighted by Crippen LogP contribution is 2.39. The molecule has 0 unspecified atom stereocenters. The lowest BCUT2D eigenvalue weighted by Gasteiger charge is -2.05. The number of thiophene rings is 2. The molecule has 0 aliphatic heterocycles. The third kappa shape index (κ3) is 4.74. The molecule has 0 amide bonds. The van der Waals surface area contributed by atoms with Gasteiger partial charge in [0.2, 0.25) is 0 Å². The molecule has 0 aliphatic carbocycles. The van der Waals surface area contributed by atoms with Gasteiger partial charge in [0.15, 0.2) is 17.5 Å². The fourth-order valence-corrected chi connectivity index (χ4v) is 5.96. The second kappa shape index (κ2) is 9.48. The largest absolute Gasteiger partial charge is 0.206 e. The maximum atomic E-state index is 14.8. The Balaban J connectivity index is 1.60. The Morgan fingerprint density at radius 1 is 0.781 bits per heavy atom. The minimum absolute atomic E-state index is 0.0579. The van der Waals surface area contributed by atoms with Gasteiger partial charge in [-0.1, -0.05) is 31.6 Å². The summed E-state index contributed by atoms with van der Waals surface area (Å²) in [6.07, 6.45) is 4.72. The summed E-state index contributed by atoms with van der Waals surface area (Å²) in [6, 6.07) is 9.20. The van der Waals surface area contributed by atoms with Crippen LogP contribution in [-0.2, 0) is 6.42 Å². The summed E-state index contributed by atoms with van der Waals surface area (Å²) in [6.45, 7) is 3.93. The molecule has 32 heavy (non-hydrogen) atoms. The van der Waals surface area contributed by atoms with Crippen LogP contribution in [0, 0.1) is 42.0 Å². The van der Waals surface area contributed by atoms with E-state index in [2.05, 4.69) is 30.9 Å². The molecule has 0 atom stereocenters. The SMILES string of the molecule is CCCCCc1cc2sc(-c3cc(C)c(C#Cc4cc(F)c(F)c(F)c4)c(F)c3)cc2s1. The summed E-state index contributed by atoms with van der Waals surface area (Å²) in [5, 5.41) is 0. The molecule has 4 aromatic rings. The van der Waals surface area contributed by atoms with Crippen LogP contribution >= 0.6 is 22.7 Å². The molecule has 0 bridgehead atoms. The highest BCUT2D eigenvalue weighted by atomic mass is 32.1. The van der Waals surface area contributed by atoms with Gasteiger partial charge >= 0.3 is 0 Å². The molecular weight excluding hydrogens is 452 g/mol. The van der Waals surface area contributed by atoms with Gasteiger partial charge in [0.05, 0.1) is 5.56 Å². The lowest BCUT2D eigenvalue weighted by Crippen LogP contribution is -1.93. The van der Waals surface area contributed by atoms with E-state index in [4.69, 9.17) is 0 Å². The van der Waals surface area contributed by atoms with Crippen molar-refractivity contribution in [3.8, 4) is 22.3 Å². The summed E-state index contributed by atoms with van der Waals surface area (Å²) in [4.78, 5) is 2.36. The van der Waals surface area contributed by atoms with Crippen molar-refractivity contribution in [3.63, 3.8) is 0 Å². The zero-order valence-electron chi connectivity index (χ0n) is 17.6. The molecule has 164 valence electrons. The van der Waals surface area contributed by atoms with Crippen LogP contribution in [0.2, 0.25) is 0 Å². The normalized spacial score (nSPS) is 11.1. The fourth-order valence-electron chi connectivity index (χ4n) is 3.51. The van der Waals surface area contributed by atoms with Crippen LogP contribution < -0.4 is 0 Å². The zero-order chi connectivity index (χ0) is 22.8. The minimum Gasteiger partial charge on any atom is -0.206 e. The van der Waals surface area contributed by atoms with Crippen LogP contribution in [0.3, 0.4) is 0 Å². The molecule has 6 heteroatoms. The lowest BCUT2D eigenvalue weighted by molar-refractivity contribution is 0.446. The van der Waals surface area contributed by atoms with Crippen LogP contribution in [0.15, 0.2) is 36.4 Å². The number of hydrogen-bond donors (Lipinski definition) is 0. The minimum atomic E-state index is -1.55. The molecule has 0 saturated carbocycles. The van der Waals surface area contributed by atoms with Crippen molar-refractivity contribution in [2.24, 2.45) is 0 Å². The van der Waals surface area contributed by atoms with Crippen molar-refractivity contribution in [1.29, 1.82) is 0 Å². The Labute approximate surface area is 192 Å². The molecule has 0 nitrogen and oxygen atoms in total. The fraction of sp³-hybridized carbons (Fsp3) is 0.231. The van der Waals surface area contributed by atoms with Crippen molar-refractivity contribution >= 4 is 32.1 Å². The molecular formula is C26H20F4S2. The van der Waals surface area contributed by atoms with Crippen molar-refractivity contribution in [2.45, 2.75) is 39.5 Å². The number of rotatable bonds is 5. The highest BCUT2D eigenvalue weighted by molar-refractivity contribution is 7.29. The Kier molecular flexibility index (Phi) is 6.68. The van der Waals surface area contributed by atoms with Gasteiger partial charge in [-0.2, -0.15) is 0 Å². The number of halogens is 4. The number of fused-ring (bicyclic) bond motifs is 1. The Bertz CT molecular complexity index is 1270. The summed E-state index contributed by atoms with van der Waals surface area (Å²) in [7, 11) is 0. The van der Waals surface area contributed by atoms with Crippen molar-refractivity contribution in [2.75, 3.05) is 0 Å². The third-order valence-electron chi connectivity index (χ3n) is 5.17. The lowest BCUT2D eigenvalue weighted by atomic mass is 10.0. The van der Waals surface area contributed by atoms with Crippen LogP contribution in [0.5, 0.6) is 0 Å². The predicted molar refractivity (Wildman–Crippen MR) is 125 cm³/mol. The van der Waals surface area contributed by atoms with Gasteiger partial charge in [-0.15, -0.1) is 22.7 Å². The molecule has 0 aliphatic rings. The van der Waals surface area contributed by atoms with Gasteiger partial charge in [-0.25, -0.2) is 17.6 Å². The Morgan fingerprint density at radius 3 is 2.16 bits per heavy atom. The number of aryl methyl sites for hydroxylation is 2.